The molecule has 2 unspecified atom stereocenters. The molecular formula is C16H14ClF7O. The van der Waals surface area contributed by atoms with Crippen LogP contribution in [0.15, 0.2) is 12.7 Å². The van der Waals surface area contributed by atoms with E-state index in [0.717, 1.165) is 6.08 Å². The summed E-state index contributed by atoms with van der Waals surface area (Å²) in [5.41, 5.74) is -4.11. The lowest BCUT2D eigenvalue weighted by Gasteiger charge is -2.20. The van der Waals surface area contributed by atoms with Crippen molar-refractivity contribution in [2.45, 2.75) is 26.4 Å². The molecule has 2 rings (SSSR count). The highest BCUT2D eigenvalue weighted by atomic mass is 35.5. The third-order valence-electron chi connectivity index (χ3n) is 5.07. The predicted octanol–water partition coefficient (Wildman–Crippen LogP) is 5.56. The molecule has 0 N–H and O–H groups in total. The highest BCUT2D eigenvalue weighted by Gasteiger charge is 2.78. The molecule has 0 radical (unpaired) electrons. The Morgan fingerprint density at radius 1 is 1.04 bits per heavy atom. The van der Waals surface area contributed by atoms with Crippen molar-refractivity contribution in [3.8, 4) is 0 Å². The fourth-order valence-electron chi connectivity index (χ4n) is 3.64. The molecule has 0 bridgehead atoms. The smallest absolute Gasteiger partial charge is 0.304 e. The van der Waals surface area contributed by atoms with Gasteiger partial charge in [-0.05, 0) is 11.8 Å². The van der Waals surface area contributed by atoms with Gasteiger partial charge in [-0.15, -0.1) is 6.58 Å². The number of allylic oxidation sites excluding steroid dienone is 1. The number of ether oxygens (including phenoxy) is 1. The second-order valence-corrected chi connectivity index (χ2v) is 6.66. The van der Waals surface area contributed by atoms with Gasteiger partial charge in [0.2, 0.25) is 5.82 Å². The summed E-state index contributed by atoms with van der Waals surface area (Å²) in [6.45, 7) is 6.12. The van der Waals surface area contributed by atoms with E-state index in [1.165, 1.54) is 13.8 Å². The van der Waals surface area contributed by atoms with Gasteiger partial charge in [0, 0.05) is 11.0 Å². The molecule has 0 aliphatic heterocycles. The maximum absolute atomic E-state index is 14.2. The number of alkyl halides is 3. The summed E-state index contributed by atoms with van der Waals surface area (Å²) in [6.07, 6.45) is -3.61. The molecule has 1 saturated carbocycles. The summed E-state index contributed by atoms with van der Waals surface area (Å²) in [6, 6.07) is -0.838. The molecule has 1 aliphatic carbocycles. The van der Waals surface area contributed by atoms with Gasteiger partial charge in [0.15, 0.2) is 23.3 Å². The van der Waals surface area contributed by atoms with E-state index in [4.69, 9.17) is 11.6 Å². The van der Waals surface area contributed by atoms with Crippen LogP contribution < -0.4 is 0 Å². The molecule has 1 fully saturated rings. The van der Waals surface area contributed by atoms with Crippen LogP contribution >= 0.6 is 11.6 Å². The van der Waals surface area contributed by atoms with Gasteiger partial charge in [0.1, 0.15) is 6.07 Å². The Morgan fingerprint density at radius 2 is 1.48 bits per heavy atom. The standard InChI is InChI=1S/C16H14ClF7O/c1-4-15(13(14(15,2)3)16(23,24)25-6-17)5-7-8(18)10(20)12(22)11(21)9(7)19/h4,13H,1,5-6H2,2-3H3. The van der Waals surface area contributed by atoms with Crippen LogP contribution in [-0.4, -0.2) is 12.2 Å². The Kier molecular flexibility index (Phi) is 4.94. The van der Waals surface area contributed by atoms with Crippen LogP contribution in [0.3, 0.4) is 0 Å². The molecule has 25 heavy (non-hydrogen) atoms. The fraction of sp³-hybridized carbons (Fsp3) is 0.500. The second kappa shape index (κ2) is 6.16. The van der Waals surface area contributed by atoms with E-state index in [2.05, 4.69) is 11.3 Å². The molecule has 9 heteroatoms. The first-order valence-electron chi connectivity index (χ1n) is 7.10. The SMILES string of the molecule is C=CC1(Cc2c(F)c(F)c(F)c(F)c2F)C(C(F)(F)OCCl)C1(C)C. The van der Waals surface area contributed by atoms with Crippen molar-refractivity contribution in [1.82, 2.24) is 0 Å². The van der Waals surface area contributed by atoms with E-state index in [1.54, 1.807) is 0 Å². The lowest BCUT2D eigenvalue weighted by atomic mass is 9.88. The Morgan fingerprint density at radius 3 is 1.88 bits per heavy atom. The molecule has 1 aliphatic rings. The number of halogens is 8. The largest absolute Gasteiger partial charge is 0.361 e. The van der Waals surface area contributed by atoms with Crippen molar-refractivity contribution in [3.05, 3.63) is 47.3 Å². The van der Waals surface area contributed by atoms with Gasteiger partial charge < -0.3 is 4.74 Å². The zero-order chi connectivity index (χ0) is 19.4. The van der Waals surface area contributed by atoms with Crippen LogP contribution in [0.4, 0.5) is 30.7 Å². The van der Waals surface area contributed by atoms with Crippen molar-refractivity contribution in [2.24, 2.45) is 16.7 Å². The lowest BCUT2D eigenvalue weighted by molar-refractivity contribution is -0.250. The van der Waals surface area contributed by atoms with Crippen LogP contribution in [0.25, 0.3) is 0 Å². The normalized spacial score (nSPS) is 25.1. The first-order valence-corrected chi connectivity index (χ1v) is 7.64. The van der Waals surface area contributed by atoms with Crippen LogP contribution in [0.5, 0.6) is 0 Å². The summed E-state index contributed by atoms with van der Waals surface area (Å²) in [7, 11) is 0. The Labute approximate surface area is 144 Å². The van der Waals surface area contributed by atoms with Gasteiger partial charge >= 0.3 is 6.11 Å². The van der Waals surface area contributed by atoms with E-state index >= 15 is 0 Å². The van der Waals surface area contributed by atoms with E-state index in [9.17, 15) is 30.7 Å². The molecule has 1 nitrogen and oxygen atoms in total. The van der Waals surface area contributed by atoms with Gasteiger partial charge in [0.25, 0.3) is 0 Å². The highest BCUT2D eigenvalue weighted by molar-refractivity contribution is 6.17. The zero-order valence-electron chi connectivity index (χ0n) is 13.2. The van der Waals surface area contributed by atoms with E-state index < -0.39 is 70.0 Å². The van der Waals surface area contributed by atoms with Crippen LogP contribution in [0, 0.1) is 45.8 Å². The predicted molar refractivity (Wildman–Crippen MR) is 76.6 cm³/mol. The minimum atomic E-state index is -3.77. The molecular weight excluding hydrogens is 377 g/mol. The molecule has 0 heterocycles. The highest BCUT2D eigenvalue weighted by Crippen LogP contribution is 2.75. The summed E-state index contributed by atoms with van der Waals surface area (Å²) in [5.74, 6) is -12.3. The van der Waals surface area contributed by atoms with E-state index in [0.29, 0.717) is 0 Å². The van der Waals surface area contributed by atoms with Crippen molar-refractivity contribution >= 4 is 11.6 Å². The lowest BCUT2D eigenvalue weighted by Crippen LogP contribution is -2.28. The van der Waals surface area contributed by atoms with Gasteiger partial charge in [-0.25, -0.2) is 22.0 Å². The molecule has 0 amide bonds. The fourth-order valence-corrected chi connectivity index (χ4v) is 3.79. The minimum Gasteiger partial charge on any atom is -0.304 e. The van der Waals surface area contributed by atoms with Gasteiger partial charge in [-0.2, -0.15) is 8.78 Å². The first kappa shape index (κ1) is 20.0. The third kappa shape index (κ3) is 2.73. The average Bonchev–Trinajstić information content (AvgIpc) is 3.04. The van der Waals surface area contributed by atoms with Gasteiger partial charge in [-0.3, -0.25) is 0 Å². The first-order chi connectivity index (χ1) is 11.4. The van der Waals surface area contributed by atoms with E-state index in [-0.39, 0.29) is 0 Å². The molecule has 0 saturated heterocycles. The van der Waals surface area contributed by atoms with Crippen LogP contribution in [0.1, 0.15) is 19.4 Å². The quantitative estimate of drug-likeness (QED) is 0.203. The van der Waals surface area contributed by atoms with Crippen LogP contribution in [0.2, 0.25) is 0 Å². The Hall–Kier alpha value is -1.28. The number of rotatable bonds is 6. The van der Waals surface area contributed by atoms with Crippen molar-refractivity contribution in [2.75, 3.05) is 6.07 Å². The Balaban J connectivity index is 2.54. The monoisotopic (exact) mass is 390 g/mol. The molecule has 0 aromatic heterocycles. The van der Waals surface area contributed by atoms with E-state index in [1.807, 2.05) is 0 Å². The molecule has 1 aromatic carbocycles. The Bertz CT molecular complexity index is 690. The summed E-state index contributed by atoms with van der Waals surface area (Å²) in [5, 5.41) is 0. The molecule has 2 atom stereocenters. The number of benzene rings is 1. The second-order valence-electron chi connectivity index (χ2n) is 6.44. The molecule has 0 spiro atoms. The zero-order valence-corrected chi connectivity index (χ0v) is 14.0. The van der Waals surface area contributed by atoms with Crippen LogP contribution in [-0.2, 0) is 11.2 Å². The summed E-state index contributed by atoms with van der Waals surface area (Å²) in [4.78, 5) is 0. The maximum atomic E-state index is 14.2. The van der Waals surface area contributed by atoms with Crippen molar-refractivity contribution in [3.63, 3.8) is 0 Å². The summed E-state index contributed by atoms with van der Waals surface area (Å²) >= 11 is 5.17. The number of hydrogen-bond donors (Lipinski definition) is 0. The summed E-state index contributed by atoms with van der Waals surface area (Å²) < 4.78 is 100. The van der Waals surface area contributed by atoms with Gasteiger partial charge in [-0.1, -0.05) is 31.5 Å². The molecule has 1 aromatic rings. The number of hydrogen-bond acceptors (Lipinski definition) is 1. The topological polar surface area (TPSA) is 9.23 Å². The van der Waals surface area contributed by atoms with Crippen molar-refractivity contribution in [1.29, 1.82) is 0 Å². The average molecular weight is 391 g/mol. The minimum absolute atomic E-state index is 0.838. The third-order valence-corrected chi connectivity index (χ3v) is 5.18. The molecule has 140 valence electrons. The van der Waals surface area contributed by atoms with Crippen molar-refractivity contribution < 1.29 is 35.5 Å². The van der Waals surface area contributed by atoms with Gasteiger partial charge in [0.05, 0.1) is 5.92 Å². The maximum Gasteiger partial charge on any atom is 0.361 e.